The lowest BCUT2D eigenvalue weighted by molar-refractivity contribution is -0.192. The first-order chi connectivity index (χ1) is 9.27. The van der Waals surface area contributed by atoms with Crippen LogP contribution in [0.25, 0.3) is 0 Å². The molecule has 0 aliphatic heterocycles. The Labute approximate surface area is 114 Å². The maximum Gasteiger partial charge on any atom is 0.490 e. The maximum atomic E-state index is 10.9. The molecule has 4 nitrogen and oxygen atoms in total. The fraction of sp³-hybridized carbons (Fsp3) is 0.385. The van der Waals surface area contributed by atoms with Gasteiger partial charge in [-0.2, -0.15) is 13.2 Å². The summed E-state index contributed by atoms with van der Waals surface area (Å²) in [7, 11) is 1.67. The highest BCUT2D eigenvalue weighted by molar-refractivity contribution is 5.75. The van der Waals surface area contributed by atoms with Crippen LogP contribution < -0.4 is 5.32 Å². The quantitative estimate of drug-likeness (QED) is 0.895. The van der Waals surface area contributed by atoms with Gasteiger partial charge in [0.1, 0.15) is 0 Å². The Kier molecular flexibility index (Phi) is 8.03. The minimum atomic E-state index is -5.08. The van der Waals surface area contributed by atoms with E-state index in [0.717, 1.165) is 12.8 Å². The van der Waals surface area contributed by atoms with Crippen LogP contribution in [0.3, 0.4) is 0 Å². The number of carboxylic acids is 1. The second-order valence-corrected chi connectivity index (χ2v) is 3.82. The van der Waals surface area contributed by atoms with E-state index in [4.69, 9.17) is 9.90 Å². The van der Waals surface area contributed by atoms with Crippen LogP contribution in [0.15, 0.2) is 30.3 Å². The molecular formula is C13H16F3NO3. The summed E-state index contributed by atoms with van der Waals surface area (Å²) >= 11 is 0. The van der Waals surface area contributed by atoms with Gasteiger partial charge in [-0.05, 0) is 18.4 Å². The summed E-state index contributed by atoms with van der Waals surface area (Å²) in [5.74, 6) is -2.64. The molecule has 20 heavy (non-hydrogen) atoms. The number of rotatable bonds is 4. The highest BCUT2D eigenvalue weighted by Crippen LogP contribution is 2.13. The van der Waals surface area contributed by atoms with E-state index in [2.05, 4.69) is 17.4 Å². The molecule has 0 saturated heterocycles. The van der Waals surface area contributed by atoms with Crippen molar-refractivity contribution in [3.05, 3.63) is 35.9 Å². The fourth-order valence-corrected chi connectivity index (χ4v) is 1.22. The van der Waals surface area contributed by atoms with Crippen molar-refractivity contribution in [2.24, 2.45) is 0 Å². The first-order valence-electron chi connectivity index (χ1n) is 5.82. The molecule has 0 saturated carbocycles. The summed E-state index contributed by atoms with van der Waals surface area (Å²) in [6.07, 6.45) is -2.57. The van der Waals surface area contributed by atoms with E-state index < -0.39 is 12.1 Å². The predicted octanol–water partition coefficient (Wildman–Crippen LogP) is 2.39. The zero-order chi connectivity index (χ0) is 15.6. The zero-order valence-corrected chi connectivity index (χ0v) is 10.9. The standard InChI is InChI=1S/C11H15NO.C2HF3O2/c1-12-11(13)9-5-8-10-6-3-2-4-7-10;3-2(4,5)1(6)7/h2-4,6-7H,5,8-9H2,1H3,(H,12,13);(H,6,7). The number of benzene rings is 1. The third-order valence-corrected chi connectivity index (χ3v) is 2.23. The van der Waals surface area contributed by atoms with E-state index in [0.29, 0.717) is 6.42 Å². The monoisotopic (exact) mass is 291 g/mol. The van der Waals surface area contributed by atoms with E-state index in [-0.39, 0.29) is 5.91 Å². The molecule has 112 valence electrons. The molecule has 0 radical (unpaired) electrons. The first kappa shape index (κ1) is 17.9. The molecule has 0 aliphatic rings. The normalized spacial score (nSPS) is 10.2. The van der Waals surface area contributed by atoms with Crippen molar-refractivity contribution in [2.75, 3.05) is 7.05 Å². The summed E-state index contributed by atoms with van der Waals surface area (Å²) < 4.78 is 31.7. The van der Waals surface area contributed by atoms with Crippen molar-refractivity contribution < 1.29 is 27.9 Å². The number of hydrogen-bond acceptors (Lipinski definition) is 2. The van der Waals surface area contributed by atoms with Crippen molar-refractivity contribution in [2.45, 2.75) is 25.4 Å². The molecule has 1 aromatic rings. The third-order valence-electron chi connectivity index (χ3n) is 2.23. The lowest BCUT2D eigenvalue weighted by atomic mass is 10.1. The Morgan fingerprint density at radius 2 is 1.70 bits per heavy atom. The number of halogens is 3. The van der Waals surface area contributed by atoms with Gasteiger partial charge < -0.3 is 10.4 Å². The summed E-state index contributed by atoms with van der Waals surface area (Å²) in [4.78, 5) is 19.8. The van der Waals surface area contributed by atoms with Crippen LogP contribution in [0.4, 0.5) is 13.2 Å². The summed E-state index contributed by atoms with van der Waals surface area (Å²) in [5.41, 5.74) is 1.30. The van der Waals surface area contributed by atoms with Gasteiger partial charge in [-0.15, -0.1) is 0 Å². The van der Waals surface area contributed by atoms with E-state index >= 15 is 0 Å². The van der Waals surface area contributed by atoms with Crippen LogP contribution in [-0.4, -0.2) is 30.2 Å². The molecule has 0 aromatic heterocycles. The molecule has 2 N–H and O–H groups in total. The SMILES string of the molecule is CNC(=O)CCCc1ccccc1.O=C(O)C(F)(F)F. The minimum Gasteiger partial charge on any atom is -0.475 e. The van der Waals surface area contributed by atoms with Gasteiger partial charge in [-0.25, -0.2) is 4.79 Å². The smallest absolute Gasteiger partial charge is 0.475 e. The number of carbonyl (C=O) groups excluding carboxylic acids is 1. The molecule has 1 aromatic carbocycles. The number of carbonyl (C=O) groups is 2. The molecule has 1 rings (SSSR count). The van der Waals surface area contributed by atoms with Crippen molar-refractivity contribution in [1.29, 1.82) is 0 Å². The van der Waals surface area contributed by atoms with Crippen LogP contribution in [0.5, 0.6) is 0 Å². The number of amides is 1. The van der Waals surface area contributed by atoms with E-state index in [9.17, 15) is 18.0 Å². The van der Waals surface area contributed by atoms with Gasteiger partial charge in [0.25, 0.3) is 0 Å². The Morgan fingerprint density at radius 3 is 2.10 bits per heavy atom. The van der Waals surface area contributed by atoms with Crippen LogP contribution in [0.2, 0.25) is 0 Å². The maximum absolute atomic E-state index is 10.9. The first-order valence-corrected chi connectivity index (χ1v) is 5.82. The van der Waals surface area contributed by atoms with Gasteiger partial charge in [0.2, 0.25) is 5.91 Å². The third kappa shape index (κ3) is 8.96. The largest absolute Gasteiger partial charge is 0.490 e. The highest BCUT2D eigenvalue weighted by atomic mass is 19.4. The van der Waals surface area contributed by atoms with Gasteiger partial charge in [0.15, 0.2) is 0 Å². The summed E-state index contributed by atoms with van der Waals surface area (Å²) in [6.45, 7) is 0. The summed E-state index contributed by atoms with van der Waals surface area (Å²) in [5, 5.41) is 9.74. The zero-order valence-electron chi connectivity index (χ0n) is 10.9. The molecule has 0 fully saturated rings. The molecule has 0 atom stereocenters. The second-order valence-electron chi connectivity index (χ2n) is 3.82. The van der Waals surface area contributed by atoms with Gasteiger partial charge in [0, 0.05) is 13.5 Å². The van der Waals surface area contributed by atoms with Gasteiger partial charge in [0.05, 0.1) is 0 Å². The number of hydrogen-bond donors (Lipinski definition) is 2. The van der Waals surface area contributed by atoms with Crippen molar-refractivity contribution >= 4 is 11.9 Å². The molecule has 0 aliphatic carbocycles. The molecule has 0 spiro atoms. The molecule has 7 heteroatoms. The van der Waals surface area contributed by atoms with Gasteiger partial charge in [-0.3, -0.25) is 4.79 Å². The predicted molar refractivity (Wildman–Crippen MR) is 67.1 cm³/mol. The van der Waals surface area contributed by atoms with E-state index in [1.807, 2.05) is 18.2 Å². The molecule has 1 amide bonds. The lowest BCUT2D eigenvalue weighted by Crippen LogP contribution is -2.21. The van der Waals surface area contributed by atoms with E-state index in [1.54, 1.807) is 7.05 Å². The number of aryl methyl sites for hydroxylation is 1. The summed E-state index contributed by atoms with van der Waals surface area (Å²) in [6, 6.07) is 10.2. The number of alkyl halides is 3. The van der Waals surface area contributed by atoms with Crippen LogP contribution in [-0.2, 0) is 16.0 Å². The highest BCUT2D eigenvalue weighted by Gasteiger charge is 2.38. The second kappa shape index (κ2) is 8.95. The van der Waals surface area contributed by atoms with Crippen LogP contribution in [0, 0.1) is 0 Å². The Hall–Kier alpha value is -2.05. The average Bonchev–Trinajstić information content (AvgIpc) is 2.39. The number of nitrogens with one attached hydrogen (secondary N) is 1. The van der Waals surface area contributed by atoms with Gasteiger partial charge >= 0.3 is 12.1 Å². The topological polar surface area (TPSA) is 66.4 Å². The van der Waals surface area contributed by atoms with Crippen molar-refractivity contribution in [1.82, 2.24) is 5.32 Å². The van der Waals surface area contributed by atoms with Crippen molar-refractivity contribution in [3.63, 3.8) is 0 Å². The Balaban J connectivity index is 0.000000441. The fourth-order valence-electron chi connectivity index (χ4n) is 1.22. The number of aliphatic carboxylic acids is 1. The van der Waals surface area contributed by atoms with Crippen LogP contribution in [0.1, 0.15) is 18.4 Å². The Morgan fingerprint density at radius 1 is 1.20 bits per heavy atom. The molecule has 0 unspecified atom stereocenters. The van der Waals surface area contributed by atoms with Crippen molar-refractivity contribution in [3.8, 4) is 0 Å². The van der Waals surface area contributed by atoms with Crippen LogP contribution >= 0.6 is 0 Å². The minimum absolute atomic E-state index is 0.121. The molecule has 0 bridgehead atoms. The molecule has 0 heterocycles. The average molecular weight is 291 g/mol. The number of carboxylic acid groups (broad SMARTS) is 1. The Bertz CT molecular complexity index is 419. The van der Waals surface area contributed by atoms with E-state index in [1.165, 1.54) is 5.56 Å². The molecular weight excluding hydrogens is 275 g/mol. The van der Waals surface area contributed by atoms with Gasteiger partial charge in [-0.1, -0.05) is 30.3 Å². The lowest BCUT2D eigenvalue weighted by Gasteiger charge is -2.00.